The Balaban J connectivity index is 1.66. The minimum atomic E-state index is -0.0134. The number of carbonyl (C=O) groups is 2. The summed E-state index contributed by atoms with van der Waals surface area (Å²) in [6, 6.07) is 0. The van der Waals surface area contributed by atoms with Gasteiger partial charge in [0.05, 0.1) is 0 Å². The fourth-order valence-electron chi connectivity index (χ4n) is 7.18. The molecule has 0 radical (unpaired) electrons. The van der Waals surface area contributed by atoms with Crippen LogP contribution in [0, 0.1) is 40.4 Å². The number of fused-ring (bicyclic) bond motifs is 5. The number of carbonyl (C=O) groups excluding carboxylic acids is 2. The van der Waals surface area contributed by atoms with E-state index in [2.05, 4.69) is 20.8 Å². The zero-order chi connectivity index (χ0) is 15.7. The Morgan fingerprint density at radius 1 is 1.00 bits per heavy atom. The van der Waals surface area contributed by atoms with Crippen LogP contribution in [0.2, 0.25) is 0 Å². The molecule has 2 heteroatoms. The van der Waals surface area contributed by atoms with Crippen molar-refractivity contribution in [3.05, 3.63) is 0 Å². The van der Waals surface area contributed by atoms with Gasteiger partial charge in [-0.2, -0.15) is 0 Å². The van der Waals surface area contributed by atoms with Gasteiger partial charge in [0.15, 0.2) is 0 Å². The molecule has 7 atom stereocenters. The van der Waals surface area contributed by atoms with Gasteiger partial charge in [-0.3, -0.25) is 9.59 Å². The van der Waals surface area contributed by atoms with E-state index in [4.69, 9.17) is 0 Å². The molecule has 0 heterocycles. The Morgan fingerprint density at radius 3 is 2.55 bits per heavy atom. The second-order valence-corrected chi connectivity index (χ2v) is 9.35. The van der Waals surface area contributed by atoms with E-state index in [0.29, 0.717) is 28.8 Å². The molecule has 4 aliphatic rings. The summed E-state index contributed by atoms with van der Waals surface area (Å²) in [6.45, 7) is 6.88. The van der Waals surface area contributed by atoms with E-state index >= 15 is 0 Å². The average molecular weight is 302 g/mol. The van der Waals surface area contributed by atoms with Crippen molar-refractivity contribution in [3.8, 4) is 0 Å². The zero-order valence-electron chi connectivity index (χ0n) is 14.4. The lowest BCUT2D eigenvalue weighted by Gasteiger charge is -2.60. The number of hydrogen-bond donors (Lipinski definition) is 0. The van der Waals surface area contributed by atoms with Crippen molar-refractivity contribution < 1.29 is 9.59 Å². The van der Waals surface area contributed by atoms with Crippen LogP contribution in [-0.2, 0) is 9.59 Å². The maximum Gasteiger partial charge on any atom is 0.139 e. The molecule has 0 aromatic heterocycles. The maximum absolute atomic E-state index is 12.4. The molecule has 4 rings (SSSR count). The molecule has 0 spiro atoms. The lowest BCUT2D eigenvalue weighted by molar-refractivity contribution is -0.149. The van der Waals surface area contributed by atoms with Crippen LogP contribution in [0.5, 0.6) is 0 Å². The van der Waals surface area contributed by atoms with Gasteiger partial charge in [-0.1, -0.05) is 20.8 Å². The van der Waals surface area contributed by atoms with Crippen molar-refractivity contribution in [2.45, 2.75) is 72.1 Å². The molecule has 0 N–H and O–H groups in total. The number of Topliss-reactive ketones (excluding diaryl/α,β-unsaturated/α-hetero) is 2. The minimum Gasteiger partial charge on any atom is -0.299 e. The summed E-state index contributed by atoms with van der Waals surface area (Å²) in [5.74, 6) is 4.02. The van der Waals surface area contributed by atoms with Crippen LogP contribution >= 0.6 is 0 Å². The van der Waals surface area contributed by atoms with Gasteiger partial charge in [0.25, 0.3) is 0 Å². The molecule has 4 saturated carbocycles. The molecule has 4 fully saturated rings. The highest BCUT2D eigenvalue weighted by Gasteiger charge is 2.60. The first-order chi connectivity index (χ1) is 10.4. The van der Waals surface area contributed by atoms with Crippen LogP contribution in [0.1, 0.15) is 72.1 Å². The number of ketones is 2. The largest absolute Gasteiger partial charge is 0.299 e. The van der Waals surface area contributed by atoms with Gasteiger partial charge in [-0.15, -0.1) is 0 Å². The van der Waals surface area contributed by atoms with Crippen molar-refractivity contribution >= 4 is 11.6 Å². The highest BCUT2D eigenvalue weighted by molar-refractivity contribution is 5.87. The predicted octanol–water partition coefficient (Wildman–Crippen LogP) is 4.41. The molecule has 0 aromatic carbocycles. The van der Waals surface area contributed by atoms with E-state index in [1.54, 1.807) is 0 Å². The Labute approximate surface area is 134 Å². The molecule has 0 saturated heterocycles. The molecule has 0 aromatic rings. The molecule has 0 aliphatic heterocycles. The highest BCUT2D eigenvalue weighted by atomic mass is 16.1. The summed E-state index contributed by atoms with van der Waals surface area (Å²) in [5.41, 5.74) is 0.337. The molecule has 0 unspecified atom stereocenters. The van der Waals surface area contributed by atoms with Crippen LogP contribution in [0.15, 0.2) is 0 Å². The van der Waals surface area contributed by atoms with Crippen LogP contribution in [-0.4, -0.2) is 11.6 Å². The summed E-state index contributed by atoms with van der Waals surface area (Å²) in [4.78, 5) is 24.6. The maximum atomic E-state index is 12.4. The van der Waals surface area contributed by atoms with E-state index in [1.165, 1.54) is 19.3 Å². The van der Waals surface area contributed by atoms with Gasteiger partial charge in [-0.05, 0) is 67.6 Å². The molecule has 122 valence electrons. The van der Waals surface area contributed by atoms with Crippen LogP contribution in [0.4, 0.5) is 0 Å². The van der Waals surface area contributed by atoms with E-state index in [9.17, 15) is 9.59 Å². The first-order valence-electron chi connectivity index (χ1n) is 9.42. The summed E-state index contributed by atoms with van der Waals surface area (Å²) < 4.78 is 0. The van der Waals surface area contributed by atoms with Gasteiger partial charge in [0, 0.05) is 24.2 Å². The Kier molecular flexibility index (Phi) is 3.17. The summed E-state index contributed by atoms with van der Waals surface area (Å²) in [5, 5.41) is 0. The quantitative estimate of drug-likeness (QED) is 0.664. The standard InChI is InChI=1S/C20H30O2/c1-12-11-20(3)13(10-17(12)21)4-5-14-15-6-7-18(22)19(15,2)9-8-16(14)20/h12-16H,4-11H2,1-3H3/t12-,13+,14-,15+,16+,19+,20+/m1/s1. The third kappa shape index (κ3) is 1.79. The van der Waals surface area contributed by atoms with Crippen molar-refractivity contribution in [2.24, 2.45) is 40.4 Å². The van der Waals surface area contributed by atoms with Crippen molar-refractivity contribution in [1.82, 2.24) is 0 Å². The summed E-state index contributed by atoms with van der Waals surface area (Å²) >= 11 is 0. The zero-order valence-corrected chi connectivity index (χ0v) is 14.4. The lowest BCUT2D eigenvalue weighted by atomic mass is 9.44. The van der Waals surface area contributed by atoms with Crippen LogP contribution in [0.25, 0.3) is 0 Å². The number of hydrogen-bond acceptors (Lipinski definition) is 2. The first kappa shape index (κ1) is 14.9. The second kappa shape index (κ2) is 4.68. The molecule has 2 nitrogen and oxygen atoms in total. The summed E-state index contributed by atoms with van der Waals surface area (Å²) in [6.07, 6.45) is 8.67. The predicted molar refractivity (Wildman–Crippen MR) is 86.3 cm³/mol. The fraction of sp³-hybridized carbons (Fsp3) is 0.900. The van der Waals surface area contributed by atoms with Crippen molar-refractivity contribution in [1.29, 1.82) is 0 Å². The van der Waals surface area contributed by atoms with Gasteiger partial charge < -0.3 is 0 Å². The normalized spacial score (nSPS) is 54.6. The third-order valence-electron chi connectivity index (χ3n) is 8.52. The van der Waals surface area contributed by atoms with Gasteiger partial charge in [-0.25, -0.2) is 0 Å². The third-order valence-corrected chi connectivity index (χ3v) is 8.52. The van der Waals surface area contributed by atoms with E-state index in [0.717, 1.165) is 43.9 Å². The first-order valence-corrected chi connectivity index (χ1v) is 9.42. The molecule has 0 bridgehead atoms. The van der Waals surface area contributed by atoms with Crippen molar-refractivity contribution in [3.63, 3.8) is 0 Å². The molecular formula is C20H30O2. The van der Waals surface area contributed by atoms with Crippen LogP contribution in [0.3, 0.4) is 0 Å². The van der Waals surface area contributed by atoms with Crippen molar-refractivity contribution in [2.75, 3.05) is 0 Å². The monoisotopic (exact) mass is 302 g/mol. The molecular weight excluding hydrogens is 272 g/mol. The lowest BCUT2D eigenvalue weighted by Crippen LogP contribution is -2.54. The van der Waals surface area contributed by atoms with Gasteiger partial charge in [0.1, 0.15) is 11.6 Å². The minimum absolute atomic E-state index is 0.0134. The number of rotatable bonds is 0. The molecule has 4 aliphatic carbocycles. The Morgan fingerprint density at radius 2 is 1.77 bits per heavy atom. The van der Waals surface area contributed by atoms with E-state index in [1.807, 2.05) is 0 Å². The fourth-order valence-corrected chi connectivity index (χ4v) is 7.18. The summed E-state index contributed by atoms with van der Waals surface area (Å²) in [7, 11) is 0. The molecule has 22 heavy (non-hydrogen) atoms. The smallest absolute Gasteiger partial charge is 0.139 e. The van der Waals surface area contributed by atoms with E-state index < -0.39 is 0 Å². The average Bonchev–Trinajstić information content (AvgIpc) is 2.77. The van der Waals surface area contributed by atoms with Crippen LogP contribution < -0.4 is 0 Å². The Bertz CT molecular complexity index is 524. The van der Waals surface area contributed by atoms with Gasteiger partial charge in [0.2, 0.25) is 0 Å². The Hall–Kier alpha value is -0.660. The molecule has 0 amide bonds. The van der Waals surface area contributed by atoms with E-state index in [-0.39, 0.29) is 11.3 Å². The van der Waals surface area contributed by atoms with Gasteiger partial charge >= 0.3 is 0 Å². The highest BCUT2D eigenvalue weighted by Crippen LogP contribution is 2.65. The topological polar surface area (TPSA) is 34.1 Å². The SMILES string of the molecule is C[C@@H]1C[C@@]2(C)[C@@H](CC[C@H]3[C@@H]2CC[C@]2(C)C(=O)CC[C@@H]32)CC1=O. The second-order valence-electron chi connectivity index (χ2n) is 9.35.